The number of rotatable bonds is 5. The zero-order valence-electron chi connectivity index (χ0n) is 11.1. The molecule has 1 aromatic carbocycles. The zero-order valence-corrected chi connectivity index (χ0v) is 11.1. The van der Waals surface area contributed by atoms with Gasteiger partial charge >= 0.3 is 0 Å². The fourth-order valence-corrected chi connectivity index (χ4v) is 1.88. The second-order valence-corrected chi connectivity index (χ2v) is 4.33. The van der Waals surface area contributed by atoms with Gasteiger partial charge < -0.3 is 10.1 Å². The van der Waals surface area contributed by atoms with E-state index in [9.17, 15) is 4.39 Å². The van der Waals surface area contributed by atoms with Crippen LogP contribution in [0.5, 0.6) is 5.75 Å². The van der Waals surface area contributed by atoms with E-state index in [0.29, 0.717) is 12.3 Å². The van der Waals surface area contributed by atoms with E-state index in [1.807, 2.05) is 19.1 Å². The summed E-state index contributed by atoms with van der Waals surface area (Å²) < 4.78 is 18.3. The molecule has 0 amide bonds. The van der Waals surface area contributed by atoms with Crippen molar-refractivity contribution in [1.82, 2.24) is 4.98 Å². The molecule has 1 aromatic heterocycles. The van der Waals surface area contributed by atoms with Crippen molar-refractivity contribution in [3.8, 4) is 5.75 Å². The minimum absolute atomic E-state index is 0.199. The highest BCUT2D eigenvalue weighted by molar-refractivity contribution is 5.55. The van der Waals surface area contributed by atoms with Gasteiger partial charge in [-0.15, -0.1) is 0 Å². The van der Waals surface area contributed by atoms with Crippen molar-refractivity contribution in [3.05, 3.63) is 53.6 Å². The van der Waals surface area contributed by atoms with Crippen molar-refractivity contribution < 1.29 is 9.13 Å². The highest BCUT2D eigenvalue weighted by atomic mass is 19.1. The molecule has 2 aromatic rings. The van der Waals surface area contributed by atoms with Gasteiger partial charge in [0.05, 0.1) is 19.0 Å². The smallest absolute Gasteiger partial charge is 0.160 e. The van der Waals surface area contributed by atoms with E-state index in [1.165, 1.54) is 6.07 Å². The monoisotopic (exact) mass is 260 g/mol. The van der Waals surface area contributed by atoms with Crippen molar-refractivity contribution in [3.63, 3.8) is 0 Å². The molecule has 0 saturated carbocycles. The maximum atomic E-state index is 13.0. The number of pyridine rings is 1. The Labute approximate surface area is 112 Å². The maximum absolute atomic E-state index is 13.0. The Morgan fingerprint density at radius 2 is 2.16 bits per heavy atom. The first-order chi connectivity index (χ1) is 9.19. The van der Waals surface area contributed by atoms with Crippen LogP contribution in [0.2, 0.25) is 0 Å². The van der Waals surface area contributed by atoms with E-state index >= 15 is 0 Å². The largest absolute Gasteiger partial charge is 0.493 e. The van der Waals surface area contributed by atoms with Gasteiger partial charge in [-0.2, -0.15) is 0 Å². The summed E-state index contributed by atoms with van der Waals surface area (Å²) in [6, 6.07) is 8.58. The van der Waals surface area contributed by atoms with E-state index in [0.717, 1.165) is 23.4 Å². The molecule has 19 heavy (non-hydrogen) atoms. The summed E-state index contributed by atoms with van der Waals surface area (Å²) in [5.41, 5.74) is 2.80. The van der Waals surface area contributed by atoms with Crippen molar-refractivity contribution in [2.75, 3.05) is 19.0 Å². The van der Waals surface area contributed by atoms with Crippen LogP contribution in [-0.4, -0.2) is 18.6 Å². The Morgan fingerprint density at radius 3 is 2.89 bits per heavy atom. The van der Waals surface area contributed by atoms with Crippen molar-refractivity contribution in [2.45, 2.75) is 13.3 Å². The summed E-state index contributed by atoms with van der Waals surface area (Å²) in [7, 11) is 1.62. The summed E-state index contributed by atoms with van der Waals surface area (Å²) >= 11 is 0. The Balaban J connectivity index is 1.97. The minimum atomic E-state index is -0.199. The highest BCUT2D eigenvalue weighted by Crippen LogP contribution is 2.23. The third-order valence-corrected chi connectivity index (χ3v) is 2.84. The standard InChI is InChI=1S/C15H17FN2O/c1-11-8-14(15(19-2)10-18-11)17-7-6-12-4-3-5-13(16)9-12/h3-5,8-10H,6-7H2,1-2H3,(H,17,18). The van der Waals surface area contributed by atoms with E-state index < -0.39 is 0 Å². The molecule has 0 atom stereocenters. The van der Waals surface area contributed by atoms with Gasteiger partial charge in [-0.3, -0.25) is 4.98 Å². The van der Waals surface area contributed by atoms with E-state index in [1.54, 1.807) is 25.4 Å². The van der Waals surface area contributed by atoms with Crippen LogP contribution < -0.4 is 10.1 Å². The number of hydrogen-bond acceptors (Lipinski definition) is 3. The summed E-state index contributed by atoms with van der Waals surface area (Å²) in [6.45, 7) is 2.64. The SMILES string of the molecule is COc1cnc(C)cc1NCCc1cccc(F)c1. The second-order valence-electron chi connectivity index (χ2n) is 4.33. The quantitative estimate of drug-likeness (QED) is 0.896. The molecule has 0 bridgehead atoms. The Morgan fingerprint density at radius 1 is 1.32 bits per heavy atom. The molecule has 0 spiro atoms. The summed E-state index contributed by atoms with van der Waals surface area (Å²) in [5, 5.41) is 3.29. The number of halogens is 1. The average molecular weight is 260 g/mol. The average Bonchev–Trinajstić information content (AvgIpc) is 2.39. The van der Waals surface area contributed by atoms with Gasteiger partial charge in [-0.05, 0) is 37.1 Å². The fourth-order valence-electron chi connectivity index (χ4n) is 1.88. The van der Waals surface area contributed by atoms with Gasteiger partial charge in [0.2, 0.25) is 0 Å². The zero-order chi connectivity index (χ0) is 13.7. The predicted octanol–water partition coefficient (Wildman–Crippen LogP) is 3.19. The van der Waals surface area contributed by atoms with Crippen LogP contribution in [0.1, 0.15) is 11.3 Å². The Kier molecular flexibility index (Phi) is 4.34. The maximum Gasteiger partial charge on any atom is 0.160 e. The van der Waals surface area contributed by atoms with Crippen LogP contribution in [0.15, 0.2) is 36.5 Å². The van der Waals surface area contributed by atoms with E-state index in [2.05, 4.69) is 10.3 Å². The molecule has 1 heterocycles. The molecule has 1 N–H and O–H groups in total. The van der Waals surface area contributed by atoms with Gasteiger partial charge in [-0.1, -0.05) is 12.1 Å². The number of aromatic nitrogens is 1. The molecule has 0 unspecified atom stereocenters. The number of benzene rings is 1. The summed E-state index contributed by atoms with van der Waals surface area (Å²) in [6.07, 6.45) is 2.45. The molecule has 2 rings (SSSR count). The van der Waals surface area contributed by atoms with Crippen molar-refractivity contribution in [2.24, 2.45) is 0 Å². The first kappa shape index (κ1) is 13.3. The van der Waals surface area contributed by atoms with Crippen molar-refractivity contribution in [1.29, 1.82) is 0 Å². The van der Waals surface area contributed by atoms with Crippen LogP contribution in [-0.2, 0) is 6.42 Å². The number of nitrogens with one attached hydrogen (secondary N) is 1. The van der Waals surface area contributed by atoms with Crippen molar-refractivity contribution >= 4 is 5.69 Å². The summed E-state index contributed by atoms with van der Waals surface area (Å²) in [4.78, 5) is 4.17. The first-order valence-electron chi connectivity index (χ1n) is 6.18. The van der Waals surface area contributed by atoms with E-state index in [-0.39, 0.29) is 5.82 Å². The van der Waals surface area contributed by atoms with Crippen LogP contribution in [0.25, 0.3) is 0 Å². The number of ether oxygens (including phenoxy) is 1. The molecular formula is C15H17FN2O. The number of methoxy groups -OCH3 is 1. The lowest BCUT2D eigenvalue weighted by atomic mass is 10.1. The van der Waals surface area contributed by atoms with Crippen LogP contribution in [0, 0.1) is 12.7 Å². The normalized spacial score (nSPS) is 10.3. The van der Waals surface area contributed by atoms with Gasteiger partial charge in [0.1, 0.15) is 5.82 Å². The number of nitrogens with zero attached hydrogens (tertiary/aromatic N) is 1. The molecule has 0 fully saturated rings. The van der Waals surface area contributed by atoms with Crippen LogP contribution in [0.3, 0.4) is 0 Å². The predicted molar refractivity (Wildman–Crippen MR) is 74.1 cm³/mol. The fraction of sp³-hybridized carbons (Fsp3) is 0.267. The molecule has 0 saturated heterocycles. The lowest BCUT2D eigenvalue weighted by molar-refractivity contribution is 0.414. The molecule has 0 aliphatic carbocycles. The molecule has 4 heteroatoms. The molecule has 0 aliphatic heterocycles. The number of aryl methyl sites for hydroxylation is 1. The third kappa shape index (κ3) is 3.68. The Bertz CT molecular complexity index is 558. The Hall–Kier alpha value is -2.10. The molecule has 3 nitrogen and oxygen atoms in total. The number of hydrogen-bond donors (Lipinski definition) is 1. The van der Waals surface area contributed by atoms with Gasteiger partial charge in [-0.25, -0.2) is 4.39 Å². The number of anilines is 1. The van der Waals surface area contributed by atoms with Gasteiger partial charge in [0.15, 0.2) is 5.75 Å². The summed E-state index contributed by atoms with van der Waals surface area (Å²) in [5.74, 6) is 0.514. The molecule has 0 aliphatic rings. The van der Waals surface area contributed by atoms with Gasteiger partial charge in [0.25, 0.3) is 0 Å². The molecule has 0 radical (unpaired) electrons. The lowest BCUT2D eigenvalue weighted by Gasteiger charge is -2.11. The second kappa shape index (κ2) is 6.18. The van der Waals surface area contributed by atoms with E-state index in [4.69, 9.17) is 4.74 Å². The lowest BCUT2D eigenvalue weighted by Crippen LogP contribution is -2.07. The molecule has 100 valence electrons. The van der Waals surface area contributed by atoms with Gasteiger partial charge in [0, 0.05) is 12.2 Å². The third-order valence-electron chi connectivity index (χ3n) is 2.84. The molecular weight excluding hydrogens is 243 g/mol. The topological polar surface area (TPSA) is 34.1 Å². The van der Waals surface area contributed by atoms with Crippen LogP contribution in [0.4, 0.5) is 10.1 Å². The first-order valence-corrected chi connectivity index (χ1v) is 6.18. The van der Waals surface area contributed by atoms with Crippen LogP contribution >= 0.6 is 0 Å². The highest BCUT2D eigenvalue weighted by Gasteiger charge is 2.03. The minimum Gasteiger partial charge on any atom is -0.493 e.